The Morgan fingerprint density at radius 1 is 1.04 bits per heavy atom. The highest BCUT2D eigenvalue weighted by atomic mass is 16.2. The predicted molar refractivity (Wildman–Crippen MR) is 101 cm³/mol. The van der Waals surface area contributed by atoms with Gasteiger partial charge < -0.3 is 9.80 Å². The van der Waals surface area contributed by atoms with Crippen LogP contribution in [0.25, 0.3) is 11.3 Å². The molecule has 1 N–H and O–H groups in total. The van der Waals surface area contributed by atoms with Gasteiger partial charge in [-0.2, -0.15) is 10.4 Å². The normalized spacial score (nSPS) is 14.0. The van der Waals surface area contributed by atoms with E-state index in [1.807, 2.05) is 41.3 Å². The lowest BCUT2D eigenvalue weighted by Gasteiger charge is -2.35. The minimum absolute atomic E-state index is 0.0404. The number of nitrogens with zero attached hydrogens (tertiary/aromatic N) is 5. The molecule has 134 valence electrons. The fourth-order valence-corrected chi connectivity index (χ4v) is 3.17. The average molecular weight is 358 g/mol. The first-order valence-electron chi connectivity index (χ1n) is 8.75. The number of piperazine rings is 1. The summed E-state index contributed by atoms with van der Waals surface area (Å²) >= 11 is 0. The predicted octanol–water partition coefficient (Wildman–Crippen LogP) is 2.31. The number of anilines is 1. The van der Waals surface area contributed by atoms with Crippen molar-refractivity contribution in [1.29, 1.82) is 5.26 Å². The van der Waals surface area contributed by atoms with Crippen molar-refractivity contribution in [2.45, 2.75) is 0 Å². The SMILES string of the molecule is N#Cc1ccc(N2CCN(C(=O)c3ccc(-c4ccn[nH]4)cc3)CC2)nc1. The first-order chi connectivity index (χ1) is 13.2. The van der Waals surface area contributed by atoms with Crippen molar-refractivity contribution in [3.63, 3.8) is 0 Å². The highest BCUT2D eigenvalue weighted by Crippen LogP contribution is 2.19. The summed E-state index contributed by atoms with van der Waals surface area (Å²) in [6.45, 7) is 2.72. The van der Waals surface area contributed by atoms with E-state index in [1.165, 1.54) is 0 Å². The number of amides is 1. The third kappa shape index (κ3) is 3.51. The van der Waals surface area contributed by atoms with Crippen molar-refractivity contribution in [3.8, 4) is 17.3 Å². The van der Waals surface area contributed by atoms with Crippen molar-refractivity contribution < 1.29 is 4.79 Å². The zero-order valence-corrected chi connectivity index (χ0v) is 14.7. The molecule has 4 rings (SSSR count). The zero-order valence-electron chi connectivity index (χ0n) is 14.7. The van der Waals surface area contributed by atoms with Gasteiger partial charge in [-0.25, -0.2) is 4.98 Å². The van der Waals surface area contributed by atoms with Crippen molar-refractivity contribution in [3.05, 3.63) is 66.0 Å². The number of hydrogen-bond acceptors (Lipinski definition) is 5. The van der Waals surface area contributed by atoms with Gasteiger partial charge in [0.05, 0.1) is 11.3 Å². The largest absolute Gasteiger partial charge is 0.353 e. The Hall–Kier alpha value is -3.66. The molecule has 3 aromatic rings. The minimum Gasteiger partial charge on any atom is -0.353 e. The number of aromatic amines is 1. The molecule has 1 fully saturated rings. The highest BCUT2D eigenvalue weighted by molar-refractivity contribution is 5.94. The molecule has 27 heavy (non-hydrogen) atoms. The van der Waals surface area contributed by atoms with Gasteiger partial charge in [0.25, 0.3) is 5.91 Å². The minimum atomic E-state index is 0.0404. The maximum atomic E-state index is 12.8. The monoisotopic (exact) mass is 358 g/mol. The number of nitriles is 1. The average Bonchev–Trinajstić information content (AvgIpc) is 3.28. The third-order valence-corrected chi connectivity index (χ3v) is 4.71. The number of hydrogen-bond donors (Lipinski definition) is 1. The van der Waals surface area contributed by atoms with Gasteiger partial charge >= 0.3 is 0 Å². The molecule has 1 aliphatic heterocycles. The molecule has 0 atom stereocenters. The molecule has 0 bridgehead atoms. The van der Waals surface area contributed by atoms with Gasteiger partial charge in [0.1, 0.15) is 11.9 Å². The molecule has 0 saturated carbocycles. The number of rotatable bonds is 3. The summed E-state index contributed by atoms with van der Waals surface area (Å²) in [5, 5.41) is 15.7. The van der Waals surface area contributed by atoms with E-state index in [2.05, 4.69) is 26.2 Å². The molecular weight excluding hydrogens is 340 g/mol. The van der Waals surface area contributed by atoms with E-state index in [4.69, 9.17) is 5.26 Å². The first kappa shape index (κ1) is 16.8. The molecule has 0 aliphatic carbocycles. The molecule has 1 aromatic carbocycles. The number of carbonyl (C=O) groups is 1. The molecule has 7 heteroatoms. The maximum Gasteiger partial charge on any atom is 0.253 e. The molecule has 7 nitrogen and oxygen atoms in total. The summed E-state index contributed by atoms with van der Waals surface area (Å²) in [6, 6.07) is 15.1. The summed E-state index contributed by atoms with van der Waals surface area (Å²) in [5.41, 5.74) is 3.16. The van der Waals surface area contributed by atoms with Crippen molar-refractivity contribution in [2.24, 2.45) is 0 Å². The Bertz CT molecular complexity index is 949. The second-order valence-electron chi connectivity index (χ2n) is 6.34. The van der Waals surface area contributed by atoms with Crippen molar-refractivity contribution in [2.75, 3.05) is 31.1 Å². The molecule has 1 saturated heterocycles. The van der Waals surface area contributed by atoms with E-state index >= 15 is 0 Å². The standard InChI is InChI=1S/C20H18N6O/c21-13-15-1-6-19(22-14-15)25-9-11-26(12-10-25)20(27)17-4-2-16(3-5-17)18-7-8-23-24-18/h1-8,14H,9-12H2,(H,23,24). The van der Waals surface area contributed by atoms with Gasteiger partial charge in [-0.1, -0.05) is 12.1 Å². The Morgan fingerprint density at radius 3 is 2.41 bits per heavy atom. The van der Waals surface area contributed by atoms with Crippen LogP contribution in [-0.4, -0.2) is 52.2 Å². The summed E-state index contributed by atoms with van der Waals surface area (Å²) < 4.78 is 0. The van der Waals surface area contributed by atoms with Gasteiger partial charge in [-0.3, -0.25) is 9.89 Å². The molecule has 1 aliphatic rings. The topological polar surface area (TPSA) is 88.9 Å². The first-order valence-corrected chi connectivity index (χ1v) is 8.75. The zero-order chi connectivity index (χ0) is 18.6. The van der Waals surface area contributed by atoms with E-state index in [-0.39, 0.29) is 5.91 Å². The number of carbonyl (C=O) groups excluding carboxylic acids is 1. The van der Waals surface area contributed by atoms with E-state index in [0.29, 0.717) is 24.2 Å². The van der Waals surface area contributed by atoms with Gasteiger partial charge in [0, 0.05) is 44.1 Å². The summed E-state index contributed by atoms with van der Waals surface area (Å²) in [6.07, 6.45) is 3.28. The van der Waals surface area contributed by atoms with Crippen LogP contribution in [-0.2, 0) is 0 Å². The summed E-state index contributed by atoms with van der Waals surface area (Å²) in [4.78, 5) is 21.1. The van der Waals surface area contributed by atoms with Crippen LogP contribution in [0.5, 0.6) is 0 Å². The van der Waals surface area contributed by atoms with Crippen molar-refractivity contribution >= 4 is 11.7 Å². The highest BCUT2D eigenvalue weighted by Gasteiger charge is 2.22. The third-order valence-electron chi connectivity index (χ3n) is 4.71. The van der Waals surface area contributed by atoms with Crippen molar-refractivity contribution in [1.82, 2.24) is 20.1 Å². The second-order valence-corrected chi connectivity index (χ2v) is 6.34. The Balaban J connectivity index is 1.39. The van der Waals surface area contributed by atoms with E-state index in [9.17, 15) is 4.79 Å². The number of nitrogens with one attached hydrogen (secondary N) is 1. The van der Waals surface area contributed by atoms with Gasteiger partial charge in [0.15, 0.2) is 0 Å². The number of benzene rings is 1. The Labute approximate surface area is 156 Å². The molecule has 1 amide bonds. The van der Waals surface area contributed by atoms with Gasteiger partial charge in [-0.05, 0) is 35.9 Å². The van der Waals surface area contributed by atoms with Crippen LogP contribution < -0.4 is 4.90 Å². The quantitative estimate of drug-likeness (QED) is 0.776. The molecule has 3 heterocycles. The summed E-state index contributed by atoms with van der Waals surface area (Å²) in [5.74, 6) is 0.878. The van der Waals surface area contributed by atoms with Crippen LogP contribution in [0, 0.1) is 11.3 Å². The van der Waals surface area contributed by atoms with E-state index in [0.717, 1.165) is 30.2 Å². The number of pyridine rings is 1. The maximum absolute atomic E-state index is 12.8. The second kappa shape index (κ2) is 7.30. The molecule has 2 aromatic heterocycles. The Morgan fingerprint density at radius 2 is 1.81 bits per heavy atom. The van der Waals surface area contributed by atoms with Gasteiger partial charge in [-0.15, -0.1) is 0 Å². The van der Waals surface area contributed by atoms with Crippen LogP contribution in [0.4, 0.5) is 5.82 Å². The lowest BCUT2D eigenvalue weighted by molar-refractivity contribution is 0.0746. The molecule has 0 unspecified atom stereocenters. The van der Waals surface area contributed by atoms with Crippen LogP contribution in [0.1, 0.15) is 15.9 Å². The van der Waals surface area contributed by atoms with Gasteiger partial charge in [0.2, 0.25) is 0 Å². The van der Waals surface area contributed by atoms with Crippen LogP contribution in [0.15, 0.2) is 54.9 Å². The fourth-order valence-electron chi connectivity index (χ4n) is 3.17. The fraction of sp³-hybridized carbons (Fsp3) is 0.200. The Kier molecular flexibility index (Phi) is 4.54. The summed E-state index contributed by atoms with van der Waals surface area (Å²) in [7, 11) is 0. The molecule has 0 spiro atoms. The van der Waals surface area contributed by atoms with E-state index in [1.54, 1.807) is 18.5 Å². The lowest BCUT2D eigenvalue weighted by Crippen LogP contribution is -2.49. The number of H-pyrrole nitrogens is 1. The van der Waals surface area contributed by atoms with Crippen LogP contribution in [0.3, 0.4) is 0 Å². The lowest BCUT2D eigenvalue weighted by atomic mass is 10.1. The number of aromatic nitrogens is 3. The van der Waals surface area contributed by atoms with Crippen LogP contribution >= 0.6 is 0 Å². The molecular formula is C20H18N6O. The van der Waals surface area contributed by atoms with E-state index < -0.39 is 0 Å². The smallest absolute Gasteiger partial charge is 0.253 e. The van der Waals surface area contributed by atoms with Crippen LogP contribution in [0.2, 0.25) is 0 Å². The molecule has 0 radical (unpaired) electrons.